The molecule has 0 spiro atoms. The SMILES string of the molecule is CC1(C)c2ccc3c4ccccc4n4c3c2B(c2ccccc2-4)c2cccc(I(F)(F)=Nc3ccccc3)c21.CC1(C)c2ccccc2B2c3ccccc3-n3c4ccccc4c4c(I(F)(F)=Nc5ccccc5)cc1c2c43.CC1(C)c2ccccc2B2c3ccccc3-n3c4ccccc4c4cc(I(F)(F)=Nc5ccccc5)c1c2c43.[F-].[F-].[F-]. The van der Waals surface area contributed by atoms with Gasteiger partial charge in [0.2, 0.25) is 0 Å². The number of nitrogens with zero attached hydrogens (tertiary/aromatic N) is 6. The summed E-state index contributed by atoms with van der Waals surface area (Å²) in [5, 5.41) is 5.84. The number of aromatic nitrogens is 3. The van der Waals surface area contributed by atoms with Crippen LogP contribution in [0.25, 0.3) is 82.5 Å². The van der Waals surface area contributed by atoms with Crippen LogP contribution in [0.4, 0.5) is 34.2 Å². The van der Waals surface area contributed by atoms with E-state index < -0.39 is 74.5 Å². The molecule has 0 aliphatic carbocycles. The molecule has 0 amide bonds. The molecule has 0 radical (unpaired) electrons. The average Bonchev–Trinajstić information content (AvgIpc) is 1.42. The maximum absolute atomic E-state index is 16.7. The molecular weight excluding hydrogens is 1860 g/mol. The molecule has 0 atom stereocenters. The standard InChI is InChI=1S/3C33H24BF2IN2.3FH/c1-33(2)24-15-7-8-16-25(24)34-26-17-9-11-19-29(26)39-28-18-10-6-14-22(28)23-20-27(30(33)31(34)32(23)39)37(35,36)38-21-12-4-3-5-13-21;1-33(2)23-15-7-8-16-25(23)34-26-17-9-11-19-29(26)39-28-18-10-6-14-22(28)30-27(20-24(33)31(34)32(30)39)37(35,36)38-21-12-4-3-5-13-21;1-33(2)24-20-19-23-22-13-6-8-17-28(22)39-29-18-9-7-14-25(29)34(31(24)32(23)39)26-15-10-16-27(30(26)33)37(35,36)38-21-11-4-3-5-12-21;;;/h3*3-20H,1-2H3;3*1H/p-3. The number of halogens is 12. The van der Waals surface area contributed by atoms with Gasteiger partial charge < -0.3 is 14.1 Å². The van der Waals surface area contributed by atoms with Crippen molar-refractivity contribution >= 4 is 210 Å². The number of fused-ring (bicyclic) bond motifs is 24. The summed E-state index contributed by atoms with van der Waals surface area (Å²) in [4.78, 5) is 0. The maximum Gasteiger partial charge on any atom is -1.00 e. The van der Waals surface area contributed by atoms with Gasteiger partial charge in [-0.1, -0.05) is 0 Å². The van der Waals surface area contributed by atoms with Crippen LogP contribution >= 0.6 is 58.2 Å². The van der Waals surface area contributed by atoms with Crippen LogP contribution in [0.2, 0.25) is 0 Å². The topological polar surface area (TPSA) is 51.9 Å². The van der Waals surface area contributed by atoms with Crippen molar-refractivity contribution in [1.29, 1.82) is 0 Å². The van der Waals surface area contributed by atoms with Crippen LogP contribution in [-0.2, 0) is 16.2 Å². The molecule has 6 nitrogen and oxygen atoms in total. The van der Waals surface area contributed by atoms with Crippen LogP contribution in [-0.4, -0.2) is 33.8 Å². The molecule has 6 aliphatic rings. The zero-order chi connectivity index (χ0) is 79.6. The van der Waals surface area contributed by atoms with Crippen LogP contribution < -0.4 is 63.3 Å². The summed E-state index contributed by atoms with van der Waals surface area (Å²) in [5.41, 5.74) is 25.3. The van der Waals surface area contributed by atoms with Gasteiger partial charge in [-0.25, -0.2) is 0 Å². The fraction of sp³-hybridized carbons (Fsp3) is 0.0909. The Morgan fingerprint density at radius 1 is 0.258 bits per heavy atom. The van der Waals surface area contributed by atoms with Crippen molar-refractivity contribution in [2.24, 2.45) is 9.44 Å². The zero-order valence-corrected chi connectivity index (χ0v) is 72.1. The quantitative estimate of drug-likeness (QED) is 0.0905. The van der Waals surface area contributed by atoms with E-state index in [0.29, 0.717) is 22.4 Å². The van der Waals surface area contributed by atoms with Gasteiger partial charge in [0.15, 0.2) is 0 Å². The van der Waals surface area contributed by atoms with Crippen LogP contribution in [0.3, 0.4) is 0 Å². The number of hydrogen-bond donors (Lipinski definition) is 0. The molecule has 24 rings (SSSR count). The molecule has 6 aliphatic heterocycles. The van der Waals surface area contributed by atoms with Gasteiger partial charge in [-0.05, 0) is 0 Å². The third-order valence-corrected chi connectivity index (χ3v) is 35.8. The van der Waals surface area contributed by atoms with Crippen LogP contribution in [0.1, 0.15) is 74.9 Å². The molecule has 9 heterocycles. The van der Waals surface area contributed by atoms with Crippen molar-refractivity contribution in [3.05, 3.63) is 372 Å². The van der Waals surface area contributed by atoms with Gasteiger partial charge in [-0.2, -0.15) is 0 Å². The first-order valence-electron chi connectivity index (χ1n) is 39.4. The van der Waals surface area contributed by atoms with Crippen LogP contribution in [0.15, 0.2) is 337 Å². The zero-order valence-electron chi connectivity index (χ0n) is 65.6. The number of rotatable bonds is 6. The molecule has 594 valence electrons. The Hall–Kier alpha value is -11.1. The number of hydrogen-bond acceptors (Lipinski definition) is 3. The second-order valence-electron chi connectivity index (χ2n) is 32.8. The molecule has 18 aromatic rings. The Morgan fingerprint density at radius 3 is 1.13 bits per heavy atom. The maximum atomic E-state index is 16.7. The summed E-state index contributed by atoms with van der Waals surface area (Å²) in [6.07, 6.45) is 0. The third-order valence-electron chi connectivity index (χ3n) is 25.5. The van der Waals surface area contributed by atoms with E-state index in [0.717, 1.165) is 110 Å². The van der Waals surface area contributed by atoms with Gasteiger partial charge >= 0.3 is 697 Å². The van der Waals surface area contributed by atoms with E-state index in [-0.39, 0.29) is 45.0 Å². The summed E-state index contributed by atoms with van der Waals surface area (Å²) in [6.45, 7) is 12.5. The monoisotopic (exact) mass is 1930 g/mol. The van der Waals surface area contributed by atoms with Crippen molar-refractivity contribution in [3.8, 4) is 17.1 Å². The predicted molar refractivity (Wildman–Crippen MR) is 502 cm³/mol. The molecule has 0 N–H and O–H groups in total. The Bertz CT molecular complexity index is 7530. The van der Waals surface area contributed by atoms with Crippen molar-refractivity contribution in [2.75, 3.05) is 0 Å². The minimum atomic E-state index is -5.84. The number of para-hydroxylation sites is 6. The van der Waals surface area contributed by atoms with Gasteiger partial charge in [-0.3, -0.25) is 0 Å². The predicted octanol–water partition coefficient (Wildman–Crippen LogP) is 14.3. The van der Waals surface area contributed by atoms with E-state index in [9.17, 15) is 0 Å². The van der Waals surface area contributed by atoms with Crippen molar-refractivity contribution in [3.63, 3.8) is 0 Å². The second-order valence-corrected chi connectivity index (χ2v) is 44.7. The van der Waals surface area contributed by atoms with Gasteiger partial charge in [0.1, 0.15) is 0 Å². The molecule has 0 saturated heterocycles. The Kier molecular flexibility index (Phi) is 18.7. The third kappa shape index (κ3) is 11.3. The van der Waals surface area contributed by atoms with E-state index in [1.807, 2.05) is 72.8 Å². The molecular formula is C99H72B3F9I3N6-3. The van der Waals surface area contributed by atoms with Crippen LogP contribution in [0, 0.1) is 10.7 Å². The Morgan fingerprint density at radius 2 is 0.617 bits per heavy atom. The fourth-order valence-electron chi connectivity index (χ4n) is 20.9. The normalized spacial score (nSPS) is 14.8. The van der Waals surface area contributed by atoms with Crippen LogP contribution in [0.5, 0.6) is 0 Å². The smallest absolute Gasteiger partial charge is 1.00 e. The van der Waals surface area contributed by atoms with E-state index in [1.54, 1.807) is 84.9 Å². The van der Waals surface area contributed by atoms with Gasteiger partial charge in [-0.15, -0.1) is 0 Å². The van der Waals surface area contributed by atoms with Crippen molar-refractivity contribution in [2.45, 2.75) is 57.8 Å². The first-order chi connectivity index (χ1) is 56.6. The average molecular weight is 1930 g/mol. The van der Waals surface area contributed by atoms with E-state index in [4.69, 9.17) is 0 Å². The van der Waals surface area contributed by atoms with E-state index in [1.165, 1.54) is 49.2 Å². The molecule has 0 bridgehead atoms. The Balaban J connectivity index is 0.000000118. The first-order valence-corrected chi connectivity index (χ1v) is 50.4. The van der Waals surface area contributed by atoms with Crippen molar-refractivity contribution < 1.29 is 31.3 Å². The molecule has 21 heteroatoms. The van der Waals surface area contributed by atoms with Gasteiger partial charge in [0.05, 0.1) is 0 Å². The molecule has 15 aromatic carbocycles. The fourth-order valence-corrected chi connectivity index (χ4v) is 31.2. The largest absolute Gasteiger partial charge is 1.00 e. The first kappa shape index (κ1) is 78.7. The number of benzene rings is 15. The minimum absolute atomic E-state index is 0. The minimum Gasteiger partial charge on any atom is -1.00 e. The van der Waals surface area contributed by atoms with Gasteiger partial charge in [0, 0.05) is 0 Å². The Labute approximate surface area is 704 Å². The van der Waals surface area contributed by atoms with Crippen molar-refractivity contribution in [1.82, 2.24) is 13.7 Å². The van der Waals surface area contributed by atoms with E-state index in [2.05, 4.69) is 235 Å². The summed E-state index contributed by atoms with van der Waals surface area (Å²) in [7, 11) is 0. The molecule has 0 saturated carbocycles. The molecule has 120 heavy (non-hydrogen) atoms. The molecule has 3 aromatic heterocycles. The summed E-state index contributed by atoms with van der Waals surface area (Å²) in [6, 6.07) is 107. The summed E-state index contributed by atoms with van der Waals surface area (Å²) in [5.74, 6) is 0. The molecule has 0 fully saturated rings. The van der Waals surface area contributed by atoms with Gasteiger partial charge in [0.25, 0.3) is 0 Å². The molecule has 0 unspecified atom stereocenters. The second kappa shape index (κ2) is 28.5. The summed E-state index contributed by atoms with van der Waals surface area (Å²) < 4.78 is 119. The van der Waals surface area contributed by atoms with E-state index >= 15 is 17.2 Å². The summed E-state index contributed by atoms with van der Waals surface area (Å²) >= 11 is -17.4.